The maximum atomic E-state index is 13.7. The fraction of sp³-hybridized carbons (Fsp3) is 0.385. The van der Waals surface area contributed by atoms with Crippen molar-refractivity contribution < 1.29 is 9.53 Å². The summed E-state index contributed by atoms with van der Waals surface area (Å²) < 4.78 is 8.11. The van der Waals surface area contributed by atoms with E-state index in [1.54, 1.807) is 16.8 Å². The molecule has 6 nitrogen and oxygen atoms in total. The minimum atomic E-state index is -0.785. The molecule has 3 heterocycles. The topological polar surface area (TPSA) is 59.4 Å². The van der Waals surface area contributed by atoms with Crippen molar-refractivity contribution in [2.24, 2.45) is 0 Å². The number of nitrogens with zero attached hydrogens (tertiary/aromatic N) is 3. The van der Waals surface area contributed by atoms with E-state index in [1.165, 1.54) is 0 Å². The molecule has 0 spiro atoms. The second-order valence-electron chi connectivity index (χ2n) is 9.67. The summed E-state index contributed by atoms with van der Waals surface area (Å²) in [6, 6.07) is 13.6. The van der Waals surface area contributed by atoms with Crippen molar-refractivity contribution in [3.8, 4) is 22.7 Å². The Morgan fingerprint density at radius 3 is 2.53 bits per heavy atom. The van der Waals surface area contributed by atoms with Gasteiger partial charge in [0.05, 0.1) is 22.0 Å². The number of hydrazine groups is 1. The third-order valence-electron chi connectivity index (χ3n) is 6.77. The Bertz CT molecular complexity index is 1260. The normalized spacial score (nSPS) is 21.4. The highest BCUT2D eigenvalue weighted by molar-refractivity contribution is 6.35. The zero-order valence-corrected chi connectivity index (χ0v) is 21.2. The van der Waals surface area contributed by atoms with Crippen LogP contribution in [-0.4, -0.2) is 32.8 Å². The summed E-state index contributed by atoms with van der Waals surface area (Å²) in [6.07, 6.45) is 3.24. The Morgan fingerprint density at radius 1 is 1.12 bits per heavy atom. The molecule has 0 bridgehead atoms. The SMILES string of the molecule is CC1CCCC(C)N1NC(=O)c1nn(-c2ccc(Cl)cc2Cl)c2c1C(C)(C)Oc1ccccc1-2. The first kappa shape index (κ1) is 23.2. The van der Waals surface area contributed by atoms with Gasteiger partial charge in [-0.1, -0.05) is 41.8 Å². The van der Waals surface area contributed by atoms with Crippen LogP contribution in [0.5, 0.6) is 5.75 Å². The Kier molecular flexibility index (Phi) is 5.87. The van der Waals surface area contributed by atoms with Gasteiger partial charge in [0.2, 0.25) is 0 Å². The third-order valence-corrected chi connectivity index (χ3v) is 7.31. The predicted molar refractivity (Wildman–Crippen MR) is 135 cm³/mol. The number of halogens is 2. The Hall–Kier alpha value is -2.54. The van der Waals surface area contributed by atoms with Crippen molar-refractivity contribution >= 4 is 29.1 Å². The molecule has 2 aliphatic heterocycles. The van der Waals surface area contributed by atoms with Crippen LogP contribution < -0.4 is 10.2 Å². The molecule has 3 aromatic rings. The lowest BCUT2D eigenvalue weighted by Crippen LogP contribution is -2.54. The molecule has 5 rings (SSSR count). The van der Waals surface area contributed by atoms with E-state index in [9.17, 15) is 4.79 Å². The smallest absolute Gasteiger partial charge is 0.286 e. The average molecular weight is 499 g/mol. The number of carbonyl (C=O) groups excluding carboxylic acids is 1. The number of fused-ring (bicyclic) bond motifs is 3. The van der Waals surface area contributed by atoms with Gasteiger partial charge in [0, 0.05) is 22.7 Å². The van der Waals surface area contributed by atoms with Crippen molar-refractivity contribution in [3.05, 3.63) is 63.8 Å². The van der Waals surface area contributed by atoms with Crippen molar-refractivity contribution in [1.29, 1.82) is 0 Å². The molecule has 2 unspecified atom stereocenters. The maximum absolute atomic E-state index is 13.7. The summed E-state index contributed by atoms with van der Waals surface area (Å²) >= 11 is 12.8. The van der Waals surface area contributed by atoms with E-state index < -0.39 is 5.60 Å². The minimum absolute atomic E-state index is 0.251. The molecule has 2 aromatic carbocycles. The molecule has 8 heteroatoms. The second kappa shape index (κ2) is 8.59. The van der Waals surface area contributed by atoms with Crippen LogP contribution in [0.1, 0.15) is 63.0 Å². The quantitative estimate of drug-likeness (QED) is 0.454. The van der Waals surface area contributed by atoms with Gasteiger partial charge in [-0.2, -0.15) is 5.10 Å². The fourth-order valence-electron chi connectivity index (χ4n) is 5.11. The van der Waals surface area contributed by atoms with Gasteiger partial charge in [-0.15, -0.1) is 0 Å². The number of ether oxygens (including phenoxy) is 1. The van der Waals surface area contributed by atoms with E-state index in [-0.39, 0.29) is 18.0 Å². The van der Waals surface area contributed by atoms with E-state index in [4.69, 9.17) is 33.0 Å². The number of benzene rings is 2. The van der Waals surface area contributed by atoms with Crippen LogP contribution in [0, 0.1) is 0 Å². The number of nitrogens with one attached hydrogen (secondary N) is 1. The monoisotopic (exact) mass is 498 g/mol. The molecular formula is C26H28Cl2N4O2. The minimum Gasteiger partial charge on any atom is -0.482 e. The number of rotatable bonds is 3. The molecule has 34 heavy (non-hydrogen) atoms. The lowest BCUT2D eigenvalue weighted by Gasteiger charge is -2.39. The summed E-state index contributed by atoms with van der Waals surface area (Å²) in [5, 5.41) is 7.87. The van der Waals surface area contributed by atoms with Crippen LogP contribution >= 0.6 is 23.2 Å². The second-order valence-corrected chi connectivity index (χ2v) is 10.5. The van der Waals surface area contributed by atoms with Gasteiger partial charge in [0.15, 0.2) is 5.69 Å². The summed E-state index contributed by atoms with van der Waals surface area (Å²) in [4.78, 5) is 13.7. The van der Waals surface area contributed by atoms with E-state index >= 15 is 0 Å². The molecule has 1 amide bonds. The fourth-order valence-corrected chi connectivity index (χ4v) is 5.60. The van der Waals surface area contributed by atoms with Crippen LogP contribution in [0.15, 0.2) is 42.5 Å². The van der Waals surface area contributed by atoms with Crippen molar-refractivity contribution in [2.75, 3.05) is 0 Å². The Morgan fingerprint density at radius 2 is 1.82 bits per heavy atom. The van der Waals surface area contributed by atoms with Crippen LogP contribution in [0.2, 0.25) is 10.0 Å². The summed E-state index contributed by atoms with van der Waals surface area (Å²) in [7, 11) is 0. The number of hydrogen-bond acceptors (Lipinski definition) is 4. The molecule has 2 aliphatic rings. The number of piperidine rings is 1. The highest BCUT2D eigenvalue weighted by Gasteiger charge is 2.42. The van der Waals surface area contributed by atoms with Gasteiger partial charge in [-0.05, 0) is 70.9 Å². The first-order valence-electron chi connectivity index (χ1n) is 11.6. The van der Waals surface area contributed by atoms with Crippen LogP contribution in [0.3, 0.4) is 0 Å². The van der Waals surface area contributed by atoms with E-state index in [0.29, 0.717) is 21.4 Å². The summed E-state index contributed by atoms with van der Waals surface area (Å²) in [5.74, 6) is 0.480. The van der Waals surface area contributed by atoms with Crippen LogP contribution in [0.4, 0.5) is 0 Å². The number of aromatic nitrogens is 2. The van der Waals surface area contributed by atoms with Gasteiger partial charge < -0.3 is 4.74 Å². The van der Waals surface area contributed by atoms with E-state index in [2.05, 4.69) is 24.3 Å². The summed E-state index contributed by atoms with van der Waals surface area (Å²) in [6.45, 7) is 8.20. The predicted octanol–water partition coefficient (Wildman–Crippen LogP) is 6.38. The van der Waals surface area contributed by atoms with E-state index in [0.717, 1.165) is 41.8 Å². The number of amides is 1. The van der Waals surface area contributed by atoms with E-state index in [1.807, 2.05) is 44.2 Å². The lowest BCUT2D eigenvalue weighted by atomic mass is 9.89. The molecule has 1 saturated heterocycles. The standard InChI is InChI=1S/C26H28Cl2N4O2/c1-15-8-7-9-16(2)31(15)30-25(33)23-22-24(18-10-5-6-11-21(18)34-26(22,3)4)32(29-23)20-13-12-17(27)14-19(20)28/h5-6,10-16H,7-9H2,1-4H3,(H,30,33). The average Bonchev–Trinajstić information content (AvgIpc) is 3.18. The van der Waals surface area contributed by atoms with Crippen molar-refractivity contribution in [3.63, 3.8) is 0 Å². The molecule has 0 radical (unpaired) electrons. The largest absolute Gasteiger partial charge is 0.482 e. The maximum Gasteiger partial charge on any atom is 0.286 e. The van der Waals surface area contributed by atoms with Crippen molar-refractivity contribution in [1.82, 2.24) is 20.2 Å². The highest BCUT2D eigenvalue weighted by atomic mass is 35.5. The number of carbonyl (C=O) groups is 1. The highest BCUT2D eigenvalue weighted by Crippen LogP contribution is 2.47. The molecule has 178 valence electrons. The van der Waals surface area contributed by atoms with Crippen molar-refractivity contribution in [2.45, 2.75) is 64.6 Å². The number of hydrogen-bond donors (Lipinski definition) is 1. The van der Waals surface area contributed by atoms with Crippen LogP contribution in [-0.2, 0) is 5.60 Å². The zero-order chi connectivity index (χ0) is 24.2. The van der Waals surface area contributed by atoms with Gasteiger partial charge in [0.1, 0.15) is 11.4 Å². The first-order valence-corrected chi connectivity index (χ1v) is 12.4. The molecule has 2 atom stereocenters. The van der Waals surface area contributed by atoms with Gasteiger partial charge in [-0.3, -0.25) is 10.2 Å². The Labute approximate surface area is 209 Å². The molecular weight excluding hydrogens is 471 g/mol. The molecule has 1 fully saturated rings. The molecule has 0 aliphatic carbocycles. The summed E-state index contributed by atoms with van der Waals surface area (Å²) in [5.41, 5.74) is 5.71. The Balaban J connectivity index is 1.70. The molecule has 0 saturated carbocycles. The molecule has 1 N–H and O–H groups in total. The first-order chi connectivity index (χ1) is 16.2. The van der Waals surface area contributed by atoms with Gasteiger partial charge >= 0.3 is 0 Å². The zero-order valence-electron chi connectivity index (χ0n) is 19.7. The van der Waals surface area contributed by atoms with Gasteiger partial charge in [-0.25, -0.2) is 9.69 Å². The third kappa shape index (κ3) is 3.88. The molecule has 1 aromatic heterocycles. The number of para-hydroxylation sites is 1. The van der Waals surface area contributed by atoms with Crippen LogP contribution in [0.25, 0.3) is 16.9 Å². The van der Waals surface area contributed by atoms with Gasteiger partial charge in [0.25, 0.3) is 5.91 Å². The lowest BCUT2D eigenvalue weighted by molar-refractivity contribution is 0.0358.